The number of nitrogen functional groups attached to an aromatic ring is 1. The minimum absolute atomic E-state index is 0.152. The van der Waals surface area contributed by atoms with Crippen LogP contribution in [0.25, 0.3) is 11.3 Å². The van der Waals surface area contributed by atoms with Gasteiger partial charge in [0.2, 0.25) is 5.95 Å². The van der Waals surface area contributed by atoms with Gasteiger partial charge < -0.3 is 16.4 Å². The molecule has 2 aromatic heterocycles. The topological polar surface area (TPSA) is 110 Å². The van der Waals surface area contributed by atoms with Crippen molar-refractivity contribution >= 4 is 23.3 Å². The van der Waals surface area contributed by atoms with Crippen LogP contribution in [0.15, 0.2) is 88.8 Å². The maximum absolute atomic E-state index is 13.7. The van der Waals surface area contributed by atoms with Gasteiger partial charge in [0.05, 0.1) is 12.2 Å². The summed E-state index contributed by atoms with van der Waals surface area (Å²) in [6, 6.07) is 23.9. The van der Waals surface area contributed by atoms with E-state index in [1.807, 2.05) is 72.8 Å². The Hall–Kier alpha value is -4.46. The average Bonchev–Trinajstić information content (AvgIpc) is 3.43. The maximum atomic E-state index is 13.7. The van der Waals surface area contributed by atoms with Crippen molar-refractivity contribution < 1.29 is 0 Å². The third-order valence-corrected chi connectivity index (χ3v) is 7.42. The van der Waals surface area contributed by atoms with Crippen molar-refractivity contribution in [2.24, 2.45) is 18.0 Å². The second-order valence-corrected chi connectivity index (χ2v) is 9.98. The molecular weight excluding hydrogens is 486 g/mol. The summed E-state index contributed by atoms with van der Waals surface area (Å²) < 4.78 is 1.54. The minimum atomic E-state index is -0.247. The summed E-state index contributed by atoms with van der Waals surface area (Å²) in [4.78, 5) is 27.5. The standard InChI is InChI=1S/C31H35N7O/c1-3-22-10-9-14-26(22)36-31-37-28(32)27(30(39)38(31)2)29(35-24-11-5-4-6-12-24)34-20-21-15-17-23(18-16-21)25-13-7-8-19-33-25/h4-8,11-13,15-19,22,26H,3,9-10,14,20,32H2,1-2H3,(H,34,35)(H,36,37)/t22-,26+/m0/s1. The van der Waals surface area contributed by atoms with Gasteiger partial charge in [0.25, 0.3) is 5.56 Å². The fourth-order valence-corrected chi connectivity index (χ4v) is 5.18. The summed E-state index contributed by atoms with van der Waals surface area (Å²) in [5.74, 6) is 1.61. The quantitative estimate of drug-likeness (QED) is 0.209. The molecule has 0 unspecified atom stereocenters. The van der Waals surface area contributed by atoms with Gasteiger partial charge >= 0.3 is 0 Å². The number of anilines is 3. The van der Waals surface area contributed by atoms with Crippen LogP contribution < -0.4 is 21.9 Å². The molecule has 1 fully saturated rings. The van der Waals surface area contributed by atoms with Crippen molar-refractivity contribution in [2.45, 2.75) is 45.2 Å². The van der Waals surface area contributed by atoms with E-state index < -0.39 is 0 Å². The number of hydrogen-bond donors (Lipinski definition) is 3. The highest BCUT2D eigenvalue weighted by molar-refractivity contribution is 6.10. The molecular formula is C31H35N7O. The number of pyridine rings is 1. The molecule has 4 N–H and O–H groups in total. The highest BCUT2D eigenvalue weighted by Crippen LogP contribution is 2.30. The summed E-state index contributed by atoms with van der Waals surface area (Å²) >= 11 is 0. The predicted molar refractivity (Wildman–Crippen MR) is 159 cm³/mol. The largest absolute Gasteiger partial charge is 0.383 e. The van der Waals surface area contributed by atoms with E-state index in [2.05, 4.69) is 27.5 Å². The van der Waals surface area contributed by atoms with Crippen molar-refractivity contribution in [1.82, 2.24) is 14.5 Å². The molecule has 8 nitrogen and oxygen atoms in total. The highest BCUT2D eigenvalue weighted by Gasteiger charge is 2.27. The second kappa shape index (κ2) is 11.9. The summed E-state index contributed by atoms with van der Waals surface area (Å²) in [6.45, 7) is 2.57. The summed E-state index contributed by atoms with van der Waals surface area (Å²) in [5, 5.41) is 6.80. The van der Waals surface area contributed by atoms with Crippen molar-refractivity contribution in [2.75, 3.05) is 16.4 Å². The first-order valence-electron chi connectivity index (χ1n) is 13.5. The van der Waals surface area contributed by atoms with Gasteiger partial charge in [-0.25, -0.2) is 0 Å². The molecule has 4 aromatic rings. The van der Waals surface area contributed by atoms with Crippen molar-refractivity contribution in [3.8, 4) is 11.3 Å². The molecule has 2 atom stereocenters. The lowest BCUT2D eigenvalue weighted by Crippen LogP contribution is -2.35. The monoisotopic (exact) mass is 521 g/mol. The van der Waals surface area contributed by atoms with Gasteiger partial charge in [0.1, 0.15) is 17.2 Å². The Morgan fingerprint density at radius 3 is 2.54 bits per heavy atom. The molecule has 2 aromatic carbocycles. The van der Waals surface area contributed by atoms with E-state index in [9.17, 15) is 4.79 Å². The number of rotatable bonds is 8. The Bertz CT molecular complexity index is 1480. The maximum Gasteiger partial charge on any atom is 0.267 e. The normalized spacial score (nSPS) is 17.2. The van der Waals surface area contributed by atoms with Crippen LogP contribution in [-0.4, -0.2) is 26.4 Å². The number of aliphatic imine (C=N–C) groups is 1. The van der Waals surface area contributed by atoms with Crippen LogP contribution in [0, 0.1) is 5.92 Å². The summed E-state index contributed by atoms with van der Waals surface area (Å²) in [6.07, 6.45) is 6.32. The van der Waals surface area contributed by atoms with Crippen LogP contribution in [0.4, 0.5) is 17.5 Å². The number of para-hydroxylation sites is 1. The number of nitrogens with two attached hydrogens (primary N) is 1. The lowest BCUT2D eigenvalue weighted by atomic mass is 10.0. The van der Waals surface area contributed by atoms with E-state index >= 15 is 0 Å². The number of amidine groups is 1. The van der Waals surface area contributed by atoms with E-state index in [1.54, 1.807) is 17.8 Å². The fourth-order valence-electron chi connectivity index (χ4n) is 5.18. The molecule has 2 heterocycles. The Labute approximate surface area is 229 Å². The third kappa shape index (κ3) is 6.00. The lowest BCUT2D eigenvalue weighted by molar-refractivity contribution is 0.485. The van der Waals surface area contributed by atoms with Gasteiger partial charge in [0, 0.05) is 30.5 Å². The zero-order valence-electron chi connectivity index (χ0n) is 22.5. The van der Waals surface area contributed by atoms with Crippen LogP contribution in [0.5, 0.6) is 0 Å². The van der Waals surface area contributed by atoms with Crippen molar-refractivity contribution in [3.05, 3.63) is 100 Å². The van der Waals surface area contributed by atoms with Crippen LogP contribution in [0.2, 0.25) is 0 Å². The van der Waals surface area contributed by atoms with Gasteiger partial charge in [-0.3, -0.25) is 19.3 Å². The molecule has 1 aliphatic carbocycles. The number of aromatic nitrogens is 3. The van der Waals surface area contributed by atoms with E-state index in [4.69, 9.17) is 10.7 Å². The molecule has 0 aliphatic heterocycles. The van der Waals surface area contributed by atoms with E-state index in [-0.39, 0.29) is 16.9 Å². The van der Waals surface area contributed by atoms with Crippen molar-refractivity contribution in [1.29, 1.82) is 0 Å². The van der Waals surface area contributed by atoms with E-state index in [0.29, 0.717) is 30.3 Å². The van der Waals surface area contributed by atoms with E-state index in [1.165, 1.54) is 12.8 Å². The van der Waals surface area contributed by atoms with E-state index in [0.717, 1.165) is 35.3 Å². The molecule has 1 saturated carbocycles. The minimum Gasteiger partial charge on any atom is -0.383 e. The summed E-state index contributed by atoms with van der Waals surface area (Å²) in [7, 11) is 1.73. The first-order chi connectivity index (χ1) is 19.0. The highest BCUT2D eigenvalue weighted by atomic mass is 16.1. The molecule has 39 heavy (non-hydrogen) atoms. The first kappa shape index (κ1) is 26.2. The molecule has 0 saturated heterocycles. The van der Waals surface area contributed by atoms with Crippen LogP contribution in [-0.2, 0) is 13.6 Å². The number of nitrogens with one attached hydrogen (secondary N) is 2. The van der Waals surface area contributed by atoms with Crippen LogP contribution >= 0.6 is 0 Å². The molecule has 0 radical (unpaired) electrons. The second-order valence-electron chi connectivity index (χ2n) is 9.98. The van der Waals surface area contributed by atoms with Crippen LogP contribution in [0.1, 0.15) is 43.7 Å². The smallest absolute Gasteiger partial charge is 0.267 e. The lowest BCUT2D eigenvalue weighted by Gasteiger charge is -2.22. The molecule has 1 aliphatic rings. The molecule has 0 spiro atoms. The Balaban J connectivity index is 1.45. The molecule has 5 rings (SSSR count). The average molecular weight is 522 g/mol. The fraction of sp³-hybridized carbons (Fsp3) is 0.290. The zero-order chi connectivity index (χ0) is 27.2. The number of hydrogen-bond acceptors (Lipinski definition) is 6. The third-order valence-electron chi connectivity index (χ3n) is 7.42. The van der Waals surface area contributed by atoms with Gasteiger partial charge in [0.15, 0.2) is 0 Å². The molecule has 200 valence electrons. The first-order valence-corrected chi connectivity index (χ1v) is 13.5. The van der Waals surface area contributed by atoms with Gasteiger partial charge in [-0.05, 0) is 48.6 Å². The Kier molecular flexibility index (Phi) is 8.01. The van der Waals surface area contributed by atoms with Crippen LogP contribution in [0.3, 0.4) is 0 Å². The van der Waals surface area contributed by atoms with Gasteiger partial charge in [-0.2, -0.15) is 4.98 Å². The van der Waals surface area contributed by atoms with Gasteiger partial charge in [-0.15, -0.1) is 0 Å². The molecule has 0 bridgehead atoms. The SMILES string of the molecule is CC[C@H]1CCC[C@H]1Nc1nc(N)c(C(=NCc2ccc(-c3ccccn3)cc2)Nc2ccccc2)c(=O)n1C. The zero-order valence-corrected chi connectivity index (χ0v) is 22.5. The summed E-state index contributed by atoms with van der Waals surface area (Å²) in [5.41, 5.74) is 10.2. The molecule has 8 heteroatoms. The van der Waals surface area contributed by atoms with Crippen molar-refractivity contribution in [3.63, 3.8) is 0 Å². The Morgan fingerprint density at radius 2 is 1.82 bits per heavy atom. The number of benzene rings is 2. The Morgan fingerprint density at radius 1 is 1.05 bits per heavy atom. The van der Waals surface area contributed by atoms with Gasteiger partial charge in [-0.1, -0.05) is 68.3 Å². The molecule has 0 amide bonds. The predicted octanol–water partition coefficient (Wildman–Crippen LogP) is 5.47. The number of nitrogens with zero attached hydrogens (tertiary/aromatic N) is 4.